The average Bonchev–Trinajstić information content (AvgIpc) is 2.63. The first kappa shape index (κ1) is 22.2. The Morgan fingerprint density at radius 2 is 1.57 bits per heavy atom. The fourth-order valence-electron chi connectivity index (χ4n) is 2.25. The van der Waals surface area contributed by atoms with Crippen molar-refractivity contribution in [3.63, 3.8) is 0 Å². The van der Waals surface area contributed by atoms with Gasteiger partial charge in [0.1, 0.15) is 0 Å². The van der Waals surface area contributed by atoms with Gasteiger partial charge in [0.2, 0.25) is 5.91 Å². The van der Waals surface area contributed by atoms with Crippen LogP contribution < -0.4 is 10.6 Å². The van der Waals surface area contributed by atoms with E-state index in [0.29, 0.717) is 12.1 Å². The zero-order valence-corrected chi connectivity index (χ0v) is 17.9. The number of carbonyl (C=O) groups excluding carboxylic acids is 2. The van der Waals surface area contributed by atoms with Gasteiger partial charge in [-0.15, -0.1) is 0 Å². The Kier molecular flexibility index (Phi) is 7.09. The summed E-state index contributed by atoms with van der Waals surface area (Å²) >= 11 is 12.4. The summed E-state index contributed by atoms with van der Waals surface area (Å²) < 4.78 is 23.0. The average molecular weight is 443 g/mol. The Labute approximate surface area is 174 Å². The van der Waals surface area contributed by atoms with Gasteiger partial charge in [-0.2, -0.15) is 0 Å². The quantitative estimate of drug-likeness (QED) is 0.681. The highest BCUT2D eigenvalue weighted by Gasteiger charge is 2.16. The van der Waals surface area contributed by atoms with Gasteiger partial charge in [0.25, 0.3) is 5.91 Å². The number of halogens is 2. The minimum Gasteiger partial charge on any atom is -0.326 e. The second-order valence-corrected chi connectivity index (χ2v) is 9.19. The van der Waals surface area contributed by atoms with Crippen LogP contribution in [-0.4, -0.2) is 26.5 Å². The van der Waals surface area contributed by atoms with Gasteiger partial charge in [0, 0.05) is 23.4 Å². The molecule has 6 nitrogen and oxygen atoms in total. The zero-order valence-electron chi connectivity index (χ0n) is 15.5. The highest BCUT2D eigenvalue weighted by Crippen LogP contribution is 2.34. The van der Waals surface area contributed by atoms with Gasteiger partial charge in [0.05, 0.1) is 20.6 Å². The van der Waals surface area contributed by atoms with Gasteiger partial charge in [-0.05, 0) is 42.8 Å². The minimum absolute atomic E-state index is 0.113. The second-order valence-electron chi connectivity index (χ2n) is 6.36. The van der Waals surface area contributed by atoms with Crippen molar-refractivity contribution in [1.29, 1.82) is 0 Å². The monoisotopic (exact) mass is 442 g/mol. The van der Waals surface area contributed by atoms with Crippen molar-refractivity contribution in [3.05, 3.63) is 52.0 Å². The molecule has 2 amide bonds. The highest BCUT2D eigenvalue weighted by atomic mass is 35.5. The number of sulfone groups is 1. The molecule has 1 atom stereocenters. The van der Waals surface area contributed by atoms with E-state index in [1.54, 1.807) is 0 Å². The number of rotatable bonds is 6. The maximum absolute atomic E-state index is 12.4. The topological polar surface area (TPSA) is 92.3 Å². The summed E-state index contributed by atoms with van der Waals surface area (Å²) in [5.41, 5.74) is 0.867. The fraction of sp³-hybridized carbons (Fsp3) is 0.263. The molecule has 0 aliphatic rings. The lowest BCUT2D eigenvalue weighted by Crippen LogP contribution is -2.19. The van der Waals surface area contributed by atoms with Crippen LogP contribution in [0.15, 0.2) is 41.3 Å². The van der Waals surface area contributed by atoms with Crippen molar-refractivity contribution in [2.75, 3.05) is 16.9 Å². The molecule has 0 saturated carbocycles. The summed E-state index contributed by atoms with van der Waals surface area (Å²) in [6.07, 6.45) is 1.78. The van der Waals surface area contributed by atoms with E-state index in [-0.39, 0.29) is 38.0 Å². The number of anilines is 2. The molecular formula is C19H20Cl2N2O4S. The summed E-state index contributed by atoms with van der Waals surface area (Å²) in [7, 11) is -3.35. The second kappa shape index (κ2) is 8.94. The van der Waals surface area contributed by atoms with Crippen LogP contribution in [0.4, 0.5) is 11.4 Å². The van der Waals surface area contributed by atoms with Crippen molar-refractivity contribution in [2.24, 2.45) is 5.92 Å². The van der Waals surface area contributed by atoms with Gasteiger partial charge in [0.15, 0.2) is 9.84 Å². The van der Waals surface area contributed by atoms with E-state index in [0.717, 1.165) is 6.26 Å². The first-order valence-corrected chi connectivity index (χ1v) is 11.1. The summed E-state index contributed by atoms with van der Waals surface area (Å²) in [6.45, 7) is 3.72. The number of hydrogen-bond acceptors (Lipinski definition) is 4. The van der Waals surface area contributed by atoms with E-state index in [1.165, 1.54) is 36.4 Å². The summed E-state index contributed by atoms with van der Waals surface area (Å²) in [4.78, 5) is 24.5. The van der Waals surface area contributed by atoms with Crippen LogP contribution in [0.5, 0.6) is 0 Å². The highest BCUT2D eigenvalue weighted by molar-refractivity contribution is 7.90. The first-order chi connectivity index (χ1) is 13.0. The lowest BCUT2D eigenvalue weighted by molar-refractivity contribution is -0.119. The number of nitrogens with one attached hydrogen (secondary N) is 2. The number of amides is 2. The molecule has 0 aliphatic carbocycles. The van der Waals surface area contributed by atoms with Crippen LogP contribution in [0.1, 0.15) is 30.6 Å². The molecule has 0 radical (unpaired) electrons. The molecule has 0 heterocycles. The third-order valence-electron chi connectivity index (χ3n) is 4.15. The SMILES string of the molecule is CCC(C)C(=O)Nc1cc(Cl)c(NC(=O)c2ccc(S(C)(=O)=O)cc2)c(Cl)c1. The van der Waals surface area contributed by atoms with E-state index in [4.69, 9.17) is 23.2 Å². The van der Waals surface area contributed by atoms with Gasteiger partial charge in [-0.25, -0.2) is 8.42 Å². The Balaban J connectivity index is 2.19. The van der Waals surface area contributed by atoms with Gasteiger partial charge >= 0.3 is 0 Å². The smallest absolute Gasteiger partial charge is 0.255 e. The van der Waals surface area contributed by atoms with Gasteiger partial charge < -0.3 is 10.6 Å². The zero-order chi connectivity index (χ0) is 21.1. The minimum atomic E-state index is -3.35. The van der Waals surface area contributed by atoms with Crippen molar-refractivity contribution in [1.82, 2.24) is 0 Å². The van der Waals surface area contributed by atoms with Crippen LogP contribution in [-0.2, 0) is 14.6 Å². The number of benzene rings is 2. The van der Waals surface area contributed by atoms with E-state index in [2.05, 4.69) is 10.6 Å². The van der Waals surface area contributed by atoms with E-state index in [1.807, 2.05) is 13.8 Å². The summed E-state index contributed by atoms with van der Waals surface area (Å²) in [5.74, 6) is -0.815. The van der Waals surface area contributed by atoms with Crippen LogP contribution >= 0.6 is 23.2 Å². The first-order valence-electron chi connectivity index (χ1n) is 8.44. The molecule has 0 fully saturated rings. The Hall–Kier alpha value is -2.09. The largest absolute Gasteiger partial charge is 0.326 e. The summed E-state index contributed by atoms with van der Waals surface area (Å²) in [6, 6.07) is 8.48. The van der Waals surface area contributed by atoms with Crippen molar-refractivity contribution in [2.45, 2.75) is 25.2 Å². The van der Waals surface area contributed by atoms with Crippen LogP contribution in [0.25, 0.3) is 0 Å². The van der Waals surface area contributed by atoms with E-state index >= 15 is 0 Å². The third kappa shape index (κ3) is 5.47. The van der Waals surface area contributed by atoms with Crippen molar-refractivity contribution in [3.8, 4) is 0 Å². The molecular weight excluding hydrogens is 423 g/mol. The molecule has 9 heteroatoms. The molecule has 0 saturated heterocycles. The van der Waals surface area contributed by atoms with E-state index in [9.17, 15) is 18.0 Å². The molecule has 2 rings (SSSR count). The molecule has 0 aromatic heterocycles. The maximum Gasteiger partial charge on any atom is 0.255 e. The van der Waals surface area contributed by atoms with Crippen LogP contribution in [0, 0.1) is 5.92 Å². The molecule has 150 valence electrons. The molecule has 2 aromatic carbocycles. The normalized spacial score (nSPS) is 12.3. The van der Waals surface area contributed by atoms with Crippen molar-refractivity contribution < 1.29 is 18.0 Å². The number of hydrogen-bond donors (Lipinski definition) is 2. The molecule has 2 aromatic rings. The molecule has 28 heavy (non-hydrogen) atoms. The predicted molar refractivity (Wildman–Crippen MR) is 112 cm³/mol. The molecule has 0 spiro atoms. The molecule has 1 unspecified atom stereocenters. The lowest BCUT2D eigenvalue weighted by atomic mass is 10.1. The third-order valence-corrected chi connectivity index (χ3v) is 5.88. The van der Waals surface area contributed by atoms with E-state index < -0.39 is 15.7 Å². The lowest BCUT2D eigenvalue weighted by Gasteiger charge is -2.14. The Bertz CT molecular complexity index is 982. The van der Waals surface area contributed by atoms with Crippen LogP contribution in [0.3, 0.4) is 0 Å². The number of carbonyl (C=O) groups is 2. The van der Waals surface area contributed by atoms with Gasteiger partial charge in [-0.1, -0.05) is 37.0 Å². The maximum atomic E-state index is 12.4. The molecule has 2 N–H and O–H groups in total. The Morgan fingerprint density at radius 1 is 1.04 bits per heavy atom. The fourth-order valence-corrected chi connectivity index (χ4v) is 3.47. The standard InChI is InChI=1S/C19H20Cl2N2O4S/c1-4-11(2)18(24)22-13-9-15(20)17(16(21)10-13)23-19(25)12-5-7-14(8-6-12)28(3,26)27/h5-11H,4H2,1-3H3,(H,22,24)(H,23,25). The van der Waals surface area contributed by atoms with Crippen LogP contribution in [0.2, 0.25) is 10.0 Å². The van der Waals surface area contributed by atoms with Crippen molar-refractivity contribution >= 4 is 56.2 Å². The van der Waals surface area contributed by atoms with Gasteiger partial charge in [-0.3, -0.25) is 9.59 Å². The Morgan fingerprint density at radius 3 is 2.04 bits per heavy atom. The molecule has 0 bridgehead atoms. The summed E-state index contributed by atoms with van der Waals surface area (Å²) in [5, 5.41) is 5.65. The molecule has 0 aliphatic heterocycles. The predicted octanol–water partition coefficient (Wildman–Crippen LogP) is 4.63.